The number of nitrogens with zero attached hydrogens (tertiary/aromatic N) is 4. The van der Waals surface area contributed by atoms with Crippen LogP contribution in [0, 0.1) is 18.2 Å². The molecule has 2 aromatic rings. The van der Waals surface area contributed by atoms with Crippen molar-refractivity contribution < 1.29 is 13.9 Å². The molecule has 0 aliphatic carbocycles. The van der Waals surface area contributed by atoms with Crippen molar-refractivity contribution in [3.05, 3.63) is 53.7 Å². The monoisotopic (exact) mass is 392 g/mol. The number of carbonyl (C=O) groups is 1. The van der Waals surface area contributed by atoms with Crippen molar-refractivity contribution in [3.63, 3.8) is 0 Å². The van der Waals surface area contributed by atoms with Gasteiger partial charge in [-0.1, -0.05) is 24.1 Å². The number of amides is 1. The molecule has 4 heterocycles. The third-order valence-corrected chi connectivity index (χ3v) is 6.28. The molecule has 0 saturated carbocycles. The summed E-state index contributed by atoms with van der Waals surface area (Å²) in [5, 5.41) is 0. The molecular weight excluding hydrogens is 371 g/mol. The smallest absolute Gasteiger partial charge is 0.257 e. The van der Waals surface area contributed by atoms with Gasteiger partial charge in [0.15, 0.2) is 5.60 Å². The van der Waals surface area contributed by atoms with E-state index in [1.54, 1.807) is 23.1 Å². The van der Waals surface area contributed by atoms with Gasteiger partial charge in [0.2, 0.25) is 0 Å². The summed E-state index contributed by atoms with van der Waals surface area (Å²) in [6, 6.07) is 8.22. The Kier molecular flexibility index (Phi) is 4.25. The Labute approximate surface area is 168 Å². The van der Waals surface area contributed by atoms with Gasteiger partial charge in [-0.3, -0.25) is 4.79 Å². The Morgan fingerprint density at radius 1 is 1.21 bits per heavy atom. The number of aromatic nitrogens is 2. The van der Waals surface area contributed by atoms with E-state index in [1.165, 1.54) is 12.4 Å². The van der Waals surface area contributed by atoms with Crippen molar-refractivity contribution in [1.82, 2.24) is 14.9 Å². The Bertz CT molecular complexity index is 996. The third kappa shape index (κ3) is 2.87. The molecule has 5 rings (SSSR count). The molecule has 148 valence electrons. The van der Waals surface area contributed by atoms with E-state index in [4.69, 9.17) is 11.2 Å². The molecule has 6 nitrogen and oxygen atoms in total. The van der Waals surface area contributed by atoms with Gasteiger partial charge in [0, 0.05) is 37.6 Å². The molecule has 3 aliphatic heterocycles. The molecule has 29 heavy (non-hydrogen) atoms. The first kappa shape index (κ1) is 18.1. The topological polar surface area (TPSA) is 58.6 Å². The summed E-state index contributed by atoms with van der Waals surface area (Å²) in [4.78, 5) is 25.6. The van der Waals surface area contributed by atoms with E-state index in [1.807, 2.05) is 6.07 Å². The number of fused-ring (bicyclic) bond motifs is 1. The van der Waals surface area contributed by atoms with Gasteiger partial charge in [0.1, 0.15) is 29.9 Å². The molecular formula is C22H21FN4O2. The second-order valence-electron chi connectivity index (χ2n) is 7.79. The highest BCUT2D eigenvalue weighted by atomic mass is 19.1. The average Bonchev–Trinajstić information content (AvgIpc) is 3.27. The molecule has 3 fully saturated rings. The summed E-state index contributed by atoms with van der Waals surface area (Å²) in [7, 11) is 0. The highest BCUT2D eigenvalue weighted by Gasteiger charge is 2.58. The van der Waals surface area contributed by atoms with E-state index in [9.17, 15) is 9.18 Å². The van der Waals surface area contributed by atoms with Crippen LogP contribution in [0.3, 0.4) is 0 Å². The van der Waals surface area contributed by atoms with Crippen LogP contribution in [0.4, 0.5) is 10.2 Å². The zero-order chi connectivity index (χ0) is 20.0. The van der Waals surface area contributed by atoms with Crippen molar-refractivity contribution in [2.75, 3.05) is 18.0 Å². The fraction of sp³-hybridized carbons (Fsp3) is 0.409. The fourth-order valence-electron chi connectivity index (χ4n) is 4.79. The molecule has 3 aliphatic rings. The number of piperidine rings is 1. The minimum Gasteiger partial charge on any atom is -0.356 e. The van der Waals surface area contributed by atoms with E-state index in [0.717, 1.165) is 18.7 Å². The van der Waals surface area contributed by atoms with Crippen molar-refractivity contribution in [3.8, 4) is 12.3 Å². The Morgan fingerprint density at radius 2 is 2.00 bits per heavy atom. The van der Waals surface area contributed by atoms with Gasteiger partial charge in [0.05, 0.1) is 6.04 Å². The number of anilines is 1. The van der Waals surface area contributed by atoms with E-state index in [-0.39, 0.29) is 24.0 Å². The summed E-state index contributed by atoms with van der Waals surface area (Å²) in [5.41, 5.74) is 0.286. The maximum absolute atomic E-state index is 14.3. The molecule has 3 saturated heterocycles. The predicted molar refractivity (Wildman–Crippen MR) is 104 cm³/mol. The van der Waals surface area contributed by atoms with Crippen LogP contribution in [0.15, 0.2) is 36.7 Å². The molecule has 0 radical (unpaired) electrons. The zero-order valence-electron chi connectivity index (χ0n) is 15.9. The number of halogens is 1. The lowest BCUT2D eigenvalue weighted by atomic mass is 9.89. The van der Waals surface area contributed by atoms with E-state index in [2.05, 4.69) is 20.8 Å². The normalized spacial score (nSPS) is 25.3. The molecule has 1 amide bonds. The summed E-state index contributed by atoms with van der Waals surface area (Å²) < 4.78 is 20.7. The van der Waals surface area contributed by atoms with Gasteiger partial charge in [-0.15, -0.1) is 6.42 Å². The molecule has 0 N–H and O–H groups in total. The Morgan fingerprint density at radius 3 is 2.76 bits per heavy atom. The number of ether oxygens (including phenoxy) is 1. The SMILES string of the molecule is C#Cc1cc(N2CCC3(CC2)O[C@@H]2CC[C@@H](c4ccccc4F)N2C3=O)ncn1. The van der Waals surface area contributed by atoms with Crippen LogP contribution in [0.5, 0.6) is 0 Å². The minimum atomic E-state index is -0.826. The van der Waals surface area contributed by atoms with Crippen molar-refractivity contribution in [1.29, 1.82) is 0 Å². The van der Waals surface area contributed by atoms with Crippen LogP contribution in [-0.4, -0.2) is 45.7 Å². The predicted octanol–water partition coefficient (Wildman–Crippen LogP) is 2.66. The van der Waals surface area contributed by atoms with Gasteiger partial charge in [0.25, 0.3) is 5.91 Å². The van der Waals surface area contributed by atoms with Gasteiger partial charge in [-0.05, 0) is 18.9 Å². The lowest BCUT2D eigenvalue weighted by molar-refractivity contribution is -0.140. The summed E-state index contributed by atoms with van der Waals surface area (Å²) >= 11 is 0. The van der Waals surface area contributed by atoms with Crippen LogP contribution in [0.25, 0.3) is 0 Å². The number of benzene rings is 1. The lowest BCUT2D eigenvalue weighted by Crippen LogP contribution is -2.50. The lowest BCUT2D eigenvalue weighted by Gasteiger charge is -2.38. The van der Waals surface area contributed by atoms with Gasteiger partial charge in [-0.25, -0.2) is 14.4 Å². The van der Waals surface area contributed by atoms with Crippen LogP contribution in [0.1, 0.15) is 43.0 Å². The van der Waals surface area contributed by atoms with Crippen LogP contribution in [0.2, 0.25) is 0 Å². The molecule has 1 aromatic heterocycles. The largest absolute Gasteiger partial charge is 0.356 e. The number of hydrogen-bond donors (Lipinski definition) is 0. The number of hydrogen-bond acceptors (Lipinski definition) is 5. The standard InChI is InChI=1S/C22H21FN4O2/c1-2-15-13-19(25-14-24-15)26-11-9-22(10-12-26)21(28)27-18(7-8-20(27)29-22)16-5-3-4-6-17(16)23/h1,3-6,13-14,18,20H,7-12H2/t18-,20+/m0/s1. The Hall–Kier alpha value is -2.98. The van der Waals surface area contributed by atoms with Gasteiger partial charge in [-0.2, -0.15) is 0 Å². The molecule has 7 heteroatoms. The Balaban J connectivity index is 1.34. The summed E-state index contributed by atoms with van der Waals surface area (Å²) in [5.74, 6) is 3.00. The summed E-state index contributed by atoms with van der Waals surface area (Å²) in [6.07, 6.45) is 9.20. The second-order valence-corrected chi connectivity index (χ2v) is 7.79. The number of carbonyl (C=O) groups excluding carboxylic acids is 1. The molecule has 2 atom stereocenters. The minimum absolute atomic E-state index is 0.0140. The average molecular weight is 392 g/mol. The molecule has 1 spiro atoms. The molecule has 0 unspecified atom stereocenters. The first-order chi connectivity index (χ1) is 14.1. The van der Waals surface area contributed by atoms with E-state index < -0.39 is 5.60 Å². The number of terminal acetylenes is 1. The third-order valence-electron chi connectivity index (χ3n) is 6.28. The maximum atomic E-state index is 14.3. The highest BCUT2D eigenvalue weighted by Crippen LogP contribution is 2.48. The van der Waals surface area contributed by atoms with Crippen LogP contribution >= 0.6 is 0 Å². The number of rotatable bonds is 2. The van der Waals surface area contributed by atoms with Crippen LogP contribution in [-0.2, 0) is 9.53 Å². The van der Waals surface area contributed by atoms with Gasteiger partial charge >= 0.3 is 0 Å². The fourth-order valence-corrected chi connectivity index (χ4v) is 4.79. The first-order valence-electron chi connectivity index (χ1n) is 9.90. The second kappa shape index (κ2) is 6.82. The van der Waals surface area contributed by atoms with Crippen molar-refractivity contribution in [2.45, 2.75) is 43.6 Å². The quantitative estimate of drug-likeness (QED) is 0.736. The molecule has 1 aromatic carbocycles. The molecule has 0 bridgehead atoms. The summed E-state index contributed by atoms with van der Waals surface area (Å²) in [6.45, 7) is 1.27. The van der Waals surface area contributed by atoms with Crippen molar-refractivity contribution >= 4 is 11.7 Å². The van der Waals surface area contributed by atoms with E-state index in [0.29, 0.717) is 37.2 Å². The highest BCUT2D eigenvalue weighted by molar-refractivity contribution is 5.88. The van der Waals surface area contributed by atoms with Crippen LogP contribution < -0.4 is 4.90 Å². The first-order valence-corrected chi connectivity index (χ1v) is 9.90. The van der Waals surface area contributed by atoms with Crippen molar-refractivity contribution in [2.24, 2.45) is 0 Å². The van der Waals surface area contributed by atoms with Gasteiger partial charge < -0.3 is 14.5 Å². The zero-order valence-corrected chi connectivity index (χ0v) is 15.9. The van der Waals surface area contributed by atoms with E-state index >= 15 is 0 Å². The maximum Gasteiger partial charge on any atom is 0.257 e.